The average Bonchev–Trinajstić information content (AvgIpc) is 2.93. The predicted octanol–water partition coefficient (Wildman–Crippen LogP) is 2.59. The fourth-order valence-corrected chi connectivity index (χ4v) is 2.88. The fourth-order valence-electron chi connectivity index (χ4n) is 2.48. The lowest BCUT2D eigenvalue weighted by molar-refractivity contribution is -0.126. The van der Waals surface area contributed by atoms with E-state index >= 15 is 0 Å². The molecule has 1 unspecified atom stereocenters. The molecule has 18 heavy (non-hydrogen) atoms. The van der Waals surface area contributed by atoms with E-state index in [2.05, 4.69) is 33.4 Å². The zero-order chi connectivity index (χ0) is 12.6. The van der Waals surface area contributed by atoms with Gasteiger partial charge >= 0.3 is 0 Å². The molecule has 1 saturated heterocycles. The van der Waals surface area contributed by atoms with E-state index in [0.29, 0.717) is 13.2 Å². The van der Waals surface area contributed by atoms with E-state index in [9.17, 15) is 4.79 Å². The van der Waals surface area contributed by atoms with E-state index in [1.807, 2.05) is 12.1 Å². The quantitative estimate of drug-likeness (QED) is 0.932. The van der Waals surface area contributed by atoms with E-state index in [1.165, 1.54) is 5.56 Å². The number of benzene rings is 1. The lowest BCUT2D eigenvalue weighted by atomic mass is 10.0. The first-order chi connectivity index (χ1) is 8.70. The molecule has 1 aliphatic carbocycles. The van der Waals surface area contributed by atoms with Crippen LogP contribution >= 0.6 is 15.9 Å². The molecule has 0 aromatic heterocycles. The molecule has 0 bridgehead atoms. The highest BCUT2D eigenvalue weighted by atomic mass is 79.9. The molecule has 3 rings (SSSR count). The molecule has 1 atom stereocenters. The summed E-state index contributed by atoms with van der Waals surface area (Å²) >= 11 is 3.48. The molecule has 1 saturated carbocycles. The van der Waals surface area contributed by atoms with Gasteiger partial charge < -0.3 is 10.1 Å². The number of halogens is 1. The summed E-state index contributed by atoms with van der Waals surface area (Å²) in [7, 11) is 0. The van der Waals surface area contributed by atoms with Crippen molar-refractivity contribution in [2.45, 2.75) is 24.8 Å². The lowest BCUT2D eigenvalue weighted by Crippen LogP contribution is -2.39. The molecular weight excluding hydrogens is 294 g/mol. The summed E-state index contributed by atoms with van der Waals surface area (Å²) in [4.78, 5) is 12.2. The van der Waals surface area contributed by atoms with Crippen LogP contribution < -0.4 is 5.32 Å². The van der Waals surface area contributed by atoms with Gasteiger partial charge in [0.25, 0.3) is 0 Å². The Balaban J connectivity index is 1.73. The van der Waals surface area contributed by atoms with E-state index in [-0.39, 0.29) is 17.4 Å². The van der Waals surface area contributed by atoms with Crippen molar-refractivity contribution in [2.75, 3.05) is 13.2 Å². The summed E-state index contributed by atoms with van der Waals surface area (Å²) in [6, 6.07) is 8.21. The normalized spacial score (nSPS) is 24.8. The molecule has 4 heteroatoms. The maximum atomic E-state index is 12.2. The smallest absolute Gasteiger partial charge is 0.226 e. The average molecular weight is 310 g/mol. The Morgan fingerprint density at radius 2 is 2.28 bits per heavy atom. The van der Waals surface area contributed by atoms with Gasteiger partial charge in [0.15, 0.2) is 0 Å². The van der Waals surface area contributed by atoms with Crippen molar-refractivity contribution in [3.05, 3.63) is 34.3 Å². The second-order valence-corrected chi connectivity index (χ2v) is 6.06. The second-order valence-electron chi connectivity index (χ2n) is 5.14. The third-order valence-electron chi connectivity index (χ3n) is 3.79. The SMILES string of the molecule is O=C(NC1(c2cccc(Br)c2)CC1)C1CCOC1. The van der Waals surface area contributed by atoms with Crippen LogP contribution in [0.25, 0.3) is 0 Å². The summed E-state index contributed by atoms with van der Waals surface area (Å²) in [5.74, 6) is 0.180. The molecule has 1 heterocycles. The van der Waals surface area contributed by atoms with Gasteiger partial charge in [-0.3, -0.25) is 4.79 Å². The van der Waals surface area contributed by atoms with Gasteiger partial charge in [-0.25, -0.2) is 0 Å². The van der Waals surface area contributed by atoms with Crippen molar-refractivity contribution < 1.29 is 9.53 Å². The van der Waals surface area contributed by atoms with Crippen LogP contribution in [0.4, 0.5) is 0 Å². The Morgan fingerprint density at radius 3 is 2.89 bits per heavy atom. The Morgan fingerprint density at radius 1 is 1.44 bits per heavy atom. The number of hydrogen-bond donors (Lipinski definition) is 1. The second kappa shape index (κ2) is 4.67. The first-order valence-electron chi connectivity index (χ1n) is 6.35. The monoisotopic (exact) mass is 309 g/mol. The molecule has 0 spiro atoms. The number of carbonyl (C=O) groups is 1. The van der Waals surface area contributed by atoms with Gasteiger partial charge in [-0.2, -0.15) is 0 Å². The van der Waals surface area contributed by atoms with Crippen molar-refractivity contribution in [3.63, 3.8) is 0 Å². The highest BCUT2D eigenvalue weighted by Gasteiger charge is 2.46. The molecule has 1 aliphatic heterocycles. The number of ether oxygens (including phenoxy) is 1. The number of hydrogen-bond acceptors (Lipinski definition) is 2. The zero-order valence-electron chi connectivity index (χ0n) is 10.1. The van der Waals surface area contributed by atoms with Crippen LogP contribution in [0, 0.1) is 5.92 Å². The maximum Gasteiger partial charge on any atom is 0.226 e. The predicted molar refractivity (Wildman–Crippen MR) is 72.1 cm³/mol. The van der Waals surface area contributed by atoms with E-state index in [0.717, 1.165) is 23.7 Å². The van der Waals surface area contributed by atoms with Crippen molar-refractivity contribution in [2.24, 2.45) is 5.92 Å². The summed E-state index contributed by atoms with van der Waals surface area (Å²) in [6.45, 7) is 1.28. The van der Waals surface area contributed by atoms with Crippen LogP contribution in [0.3, 0.4) is 0 Å². The Kier molecular flexibility index (Phi) is 3.16. The fraction of sp³-hybridized carbons (Fsp3) is 0.500. The largest absolute Gasteiger partial charge is 0.381 e. The van der Waals surface area contributed by atoms with Gasteiger partial charge in [0.2, 0.25) is 5.91 Å². The Labute approximate surface area is 115 Å². The van der Waals surface area contributed by atoms with Crippen LogP contribution in [0.2, 0.25) is 0 Å². The van der Waals surface area contributed by atoms with Crippen LogP contribution in [0.1, 0.15) is 24.8 Å². The van der Waals surface area contributed by atoms with E-state index in [4.69, 9.17) is 4.74 Å². The van der Waals surface area contributed by atoms with Crippen molar-refractivity contribution in [1.82, 2.24) is 5.32 Å². The molecule has 0 radical (unpaired) electrons. The minimum Gasteiger partial charge on any atom is -0.381 e. The molecule has 1 amide bonds. The molecule has 96 valence electrons. The first kappa shape index (κ1) is 12.2. The minimum absolute atomic E-state index is 0.0367. The molecule has 1 aromatic rings. The highest BCUT2D eigenvalue weighted by Crippen LogP contribution is 2.46. The standard InChI is InChI=1S/C14H16BrNO2/c15-12-3-1-2-11(8-12)14(5-6-14)16-13(17)10-4-7-18-9-10/h1-3,8,10H,4-7,9H2,(H,16,17). The molecule has 1 N–H and O–H groups in total. The van der Waals surface area contributed by atoms with Gasteiger partial charge in [0, 0.05) is 11.1 Å². The Hall–Kier alpha value is -0.870. The lowest BCUT2D eigenvalue weighted by Gasteiger charge is -2.20. The summed E-state index contributed by atoms with van der Waals surface area (Å²) in [5, 5.41) is 3.21. The Bertz CT molecular complexity index is 465. The highest BCUT2D eigenvalue weighted by molar-refractivity contribution is 9.10. The van der Waals surface area contributed by atoms with Crippen LogP contribution in [0.5, 0.6) is 0 Å². The van der Waals surface area contributed by atoms with Crippen molar-refractivity contribution in [1.29, 1.82) is 0 Å². The topological polar surface area (TPSA) is 38.3 Å². The van der Waals surface area contributed by atoms with Crippen LogP contribution in [-0.2, 0) is 15.1 Å². The van der Waals surface area contributed by atoms with E-state index in [1.54, 1.807) is 0 Å². The van der Waals surface area contributed by atoms with Crippen LogP contribution in [0.15, 0.2) is 28.7 Å². The summed E-state index contributed by atoms with van der Waals surface area (Å²) < 4.78 is 6.33. The molecule has 2 aliphatic rings. The number of carbonyl (C=O) groups excluding carboxylic acids is 1. The number of amides is 1. The van der Waals surface area contributed by atoms with Crippen LogP contribution in [-0.4, -0.2) is 19.1 Å². The number of rotatable bonds is 3. The van der Waals surface area contributed by atoms with Gasteiger partial charge in [-0.1, -0.05) is 28.1 Å². The van der Waals surface area contributed by atoms with E-state index < -0.39 is 0 Å². The van der Waals surface area contributed by atoms with Gasteiger partial charge in [0.1, 0.15) is 0 Å². The third kappa shape index (κ3) is 2.31. The van der Waals surface area contributed by atoms with Crippen molar-refractivity contribution in [3.8, 4) is 0 Å². The van der Waals surface area contributed by atoms with Crippen molar-refractivity contribution >= 4 is 21.8 Å². The first-order valence-corrected chi connectivity index (χ1v) is 7.15. The summed E-state index contributed by atoms with van der Waals surface area (Å²) in [5.41, 5.74) is 1.08. The minimum atomic E-state index is -0.122. The molecule has 1 aromatic carbocycles. The summed E-state index contributed by atoms with van der Waals surface area (Å²) in [6.07, 6.45) is 2.91. The molecule has 2 fully saturated rings. The maximum absolute atomic E-state index is 12.2. The van der Waals surface area contributed by atoms with Gasteiger partial charge in [-0.15, -0.1) is 0 Å². The molecule has 3 nitrogen and oxygen atoms in total. The van der Waals surface area contributed by atoms with Gasteiger partial charge in [-0.05, 0) is 37.0 Å². The van der Waals surface area contributed by atoms with Gasteiger partial charge in [0.05, 0.1) is 18.1 Å². The number of nitrogens with one attached hydrogen (secondary N) is 1. The zero-order valence-corrected chi connectivity index (χ0v) is 11.7. The third-order valence-corrected chi connectivity index (χ3v) is 4.28. The molecular formula is C14H16BrNO2.